The molecule has 5 N–H and O–H groups in total. The molecule has 2 heterocycles. The van der Waals surface area contributed by atoms with E-state index in [1.54, 1.807) is 36.4 Å². The quantitative estimate of drug-likeness (QED) is 0.224. The first-order valence-corrected chi connectivity index (χ1v) is 12.8. The van der Waals surface area contributed by atoms with Crippen molar-refractivity contribution in [1.82, 2.24) is 4.98 Å². The van der Waals surface area contributed by atoms with Crippen LogP contribution < -0.4 is 16.4 Å². The number of carbonyl (C=O) groups excluding carboxylic acids is 2. The number of benzene rings is 2. The number of phenolic OH excluding ortho intramolecular Hbond substituents is 1. The number of amides is 2. The van der Waals surface area contributed by atoms with Gasteiger partial charge in [-0.05, 0) is 60.9 Å². The number of nitrogens with two attached hydrogens (primary N) is 1. The molecular formula is C30H27ClFN5O4. The molecule has 0 spiro atoms. The molecule has 0 radical (unpaired) electrons. The Morgan fingerprint density at radius 2 is 1.85 bits per heavy atom. The zero-order valence-electron chi connectivity index (χ0n) is 21.8. The van der Waals surface area contributed by atoms with Crippen molar-refractivity contribution in [1.29, 1.82) is 5.26 Å². The van der Waals surface area contributed by atoms with Crippen LogP contribution in [0.15, 0.2) is 71.3 Å². The lowest BCUT2D eigenvalue weighted by atomic mass is 9.84. The standard InChI is InChI=1S/C30H26FN5O4.ClH/c31-18-10-11-21(26(37)14-18)25-15-22(23(16-32)28(35-25)36-30(39)27-9-4-12-40-27)17-5-3-6-19(13-17)34-29(38)20-7-1-2-8-24(20)33;/h3-6,9-15,20,24,37H,1-2,7-8,33H2,(H,34,38)(H,35,36,39);1H/t20-,24-;/m1./s1. The zero-order valence-corrected chi connectivity index (χ0v) is 22.6. The number of furan rings is 1. The summed E-state index contributed by atoms with van der Waals surface area (Å²) >= 11 is 0. The van der Waals surface area contributed by atoms with Gasteiger partial charge in [-0.1, -0.05) is 25.0 Å². The smallest absolute Gasteiger partial charge is 0.292 e. The van der Waals surface area contributed by atoms with E-state index < -0.39 is 11.7 Å². The van der Waals surface area contributed by atoms with Crippen molar-refractivity contribution in [3.8, 4) is 34.2 Å². The number of halogens is 2. The van der Waals surface area contributed by atoms with Crippen molar-refractivity contribution in [2.24, 2.45) is 11.7 Å². The highest BCUT2D eigenvalue weighted by Crippen LogP contribution is 2.37. The van der Waals surface area contributed by atoms with E-state index in [0.29, 0.717) is 16.8 Å². The zero-order chi connectivity index (χ0) is 28.2. The number of aromatic nitrogens is 1. The molecule has 0 unspecified atom stereocenters. The van der Waals surface area contributed by atoms with Gasteiger partial charge in [0.15, 0.2) is 11.6 Å². The molecule has 2 aromatic carbocycles. The van der Waals surface area contributed by atoms with Crippen molar-refractivity contribution >= 4 is 35.7 Å². The summed E-state index contributed by atoms with van der Waals surface area (Å²) in [7, 11) is 0. The fraction of sp³-hybridized carbons (Fsp3) is 0.200. The Morgan fingerprint density at radius 3 is 2.56 bits per heavy atom. The molecule has 2 atom stereocenters. The largest absolute Gasteiger partial charge is 0.507 e. The summed E-state index contributed by atoms with van der Waals surface area (Å²) < 4.78 is 18.9. The number of carbonyl (C=O) groups is 2. The fourth-order valence-corrected chi connectivity index (χ4v) is 4.90. The number of nitrogens with zero attached hydrogens (tertiary/aromatic N) is 2. The predicted molar refractivity (Wildman–Crippen MR) is 154 cm³/mol. The average molecular weight is 576 g/mol. The number of rotatable bonds is 6. The maximum atomic E-state index is 13.7. The number of pyridine rings is 1. The van der Waals surface area contributed by atoms with Gasteiger partial charge in [0.2, 0.25) is 5.91 Å². The Kier molecular flexibility index (Phi) is 9.02. The Morgan fingerprint density at radius 1 is 1.05 bits per heavy atom. The van der Waals surface area contributed by atoms with Crippen LogP contribution in [0, 0.1) is 23.1 Å². The number of hydrogen-bond acceptors (Lipinski definition) is 7. The van der Waals surface area contributed by atoms with E-state index in [1.807, 2.05) is 0 Å². The Labute approximate surface area is 241 Å². The maximum absolute atomic E-state index is 13.7. The Hall–Kier alpha value is -4.72. The number of hydrogen-bond donors (Lipinski definition) is 4. The second kappa shape index (κ2) is 12.6. The Bertz CT molecular complexity index is 1620. The van der Waals surface area contributed by atoms with E-state index >= 15 is 0 Å². The molecule has 2 aromatic heterocycles. The van der Waals surface area contributed by atoms with Crippen LogP contribution in [0.4, 0.5) is 15.9 Å². The first-order chi connectivity index (χ1) is 19.3. The van der Waals surface area contributed by atoms with Crippen LogP contribution >= 0.6 is 12.4 Å². The van der Waals surface area contributed by atoms with Gasteiger partial charge < -0.3 is 25.9 Å². The van der Waals surface area contributed by atoms with Gasteiger partial charge in [-0.3, -0.25) is 9.59 Å². The summed E-state index contributed by atoms with van der Waals surface area (Å²) in [4.78, 5) is 30.2. The van der Waals surface area contributed by atoms with Gasteiger partial charge in [0, 0.05) is 28.9 Å². The van der Waals surface area contributed by atoms with Gasteiger partial charge in [-0.15, -0.1) is 12.4 Å². The number of nitriles is 1. The predicted octanol–water partition coefficient (Wildman–Crippen LogP) is 5.86. The van der Waals surface area contributed by atoms with Crippen molar-refractivity contribution in [2.75, 3.05) is 10.6 Å². The van der Waals surface area contributed by atoms with Gasteiger partial charge in [-0.25, -0.2) is 9.37 Å². The molecule has 2 amide bonds. The molecule has 0 bridgehead atoms. The van der Waals surface area contributed by atoms with E-state index in [1.165, 1.54) is 24.5 Å². The summed E-state index contributed by atoms with van der Waals surface area (Å²) in [5.74, 6) is -2.16. The first-order valence-electron chi connectivity index (χ1n) is 12.8. The normalized spacial score (nSPS) is 16.2. The average Bonchev–Trinajstić information content (AvgIpc) is 3.48. The summed E-state index contributed by atoms with van der Waals surface area (Å²) in [6.07, 6.45) is 4.81. The van der Waals surface area contributed by atoms with Gasteiger partial charge in [0.1, 0.15) is 23.2 Å². The molecule has 4 aromatic rings. The monoisotopic (exact) mass is 575 g/mol. The summed E-state index contributed by atoms with van der Waals surface area (Å²) in [6, 6.07) is 16.8. The van der Waals surface area contributed by atoms with Gasteiger partial charge >= 0.3 is 0 Å². The summed E-state index contributed by atoms with van der Waals surface area (Å²) in [5, 5.41) is 26.1. The van der Waals surface area contributed by atoms with E-state index in [4.69, 9.17) is 10.2 Å². The third-order valence-corrected chi connectivity index (χ3v) is 6.94. The summed E-state index contributed by atoms with van der Waals surface area (Å²) in [6.45, 7) is 0. The van der Waals surface area contributed by atoms with Crippen LogP contribution in [-0.4, -0.2) is 27.9 Å². The van der Waals surface area contributed by atoms with Crippen LogP contribution in [0.3, 0.4) is 0 Å². The minimum Gasteiger partial charge on any atom is -0.507 e. The van der Waals surface area contributed by atoms with Crippen LogP contribution in [0.5, 0.6) is 5.75 Å². The molecule has 1 aliphatic rings. The highest BCUT2D eigenvalue weighted by Gasteiger charge is 2.28. The van der Waals surface area contributed by atoms with E-state index in [0.717, 1.165) is 31.7 Å². The lowest BCUT2D eigenvalue weighted by molar-refractivity contribution is -0.121. The topological polar surface area (TPSA) is 154 Å². The molecule has 0 aliphatic heterocycles. The number of aromatic hydroxyl groups is 1. The molecule has 1 aliphatic carbocycles. The molecule has 1 saturated carbocycles. The molecule has 1 fully saturated rings. The van der Waals surface area contributed by atoms with Gasteiger partial charge in [-0.2, -0.15) is 5.26 Å². The highest BCUT2D eigenvalue weighted by atomic mass is 35.5. The van der Waals surface area contributed by atoms with Crippen molar-refractivity contribution in [2.45, 2.75) is 31.7 Å². The minimum atomic E-state index is -0.636. The van der Waals surface area contributed by atoms with Gasteiger partial charge in [0.25, 0.3) is 5.91 Å². The SMILES string of the molecule is Cl.N#Cc1c(-c2cccc(NC(=O)[C@@H]3CCCC[C@H]3N)c2)cc(-c2ccc(F)cc2O)nc1NC(=O)c1ccco1. The van der Waals surface area contributed by atoms with Crippen LogP contribution in [0.1, 0.15) is 41.8 Å². The number of anilines is 2. The van der Waals surface area contributed by atoms with E-state index in [2.05, 4.69) is 21.7 Å². The summed E-state index contributed by atoms with van der Waals surface area (Å²) in [5.41, 5.74) is 8.03. The van der Waals surface area contributed by atoms with Gasteiger partial charge in [0.05, 0.1) is 17.9 Å². The highest BCUT2D eigenvalue weighted by molar-refractivity contribution is 6.03. The van der Waals surface area contributed by atoms with Crippen LogP contribution in [0.2, 0.25) is 0 Å². The lowest BCUT2D eigenvalue weighted by Gasteiger charge is -2.27. The maximum Gasteiger partial charge on any atom is 0.292 e. The number of nitrogens with one attached hydrogen (secondary N) is 2. The van der Waals surface area contributed by atoms with Crippen molar-refractivity contribution < 1.29 is 23.5 Å². The van der Waals surface area contributed by atoms with Crippen molar-refractivity contribution in [3.05, 3.63) is 84.1 Å². The molecule has 0 saturated heterocycles. The molecule has 9 nitrogen and oxygen atoms in total. The minimum absolute atomic E-state index is 0. The number of phenols is 1. The molecule has 5 rings (SSSR count). The van der Waals surface area contributed by atoms with Crippen molar-refractivity contribution in [3.63, 3.8) is 0 Å². The molecule has 11 heteroatoms. The molecule has 41 heavy (non-hydrogen) atoms. The fourth-order valence-electron chi connectivity index (χ4n) is 4.90. The third-order valence-electron chi connectivity index (χ3n) is 6.94. The molecule has 210 valence electrons. The second-order valence-electron chi connectivity index (χ2n) is 9.61. The second-order valence-corrected chi connectivity index (χ2v) is 9.61. The van der Waals surface area contributed by atoms with Crippen LogP contribution in [0.25, 0.3) is 22.4 Å². The Balaban J connectivity index is 0.00000387. The lowest BCUT2D eigenvalue weighted by Crippen LogP contribution is -2.40. The van der Waals surface area contributed by atoms with Crippen LogP contribution in [-0.2, 0) is 4.79 Å². The molecular weight excluding hydrogens is 549 g/mol. The van der Waals surface area contributed by atoms with E-state index in [-0.39, 0.29) is 64.4 Å². The van der Waals surface area contributed by atoms with E-state index in [9.17, 15) is 24.3 Å². The third kappa shape index (κ3) is 6.38. The first kappa shape index (κ1) is 29.3.